The van der Waals surface area contributed by atoms with Crippen LogP contribution < -0.4 is 5.32 Å². The Bertz CT molecular complexity index is 952. The molecule has 0 fully saturated rings. The molecule has 0 radical (unpaired) electrons. The van der Waals surface area contributed by atoms with Gasteiger partial charge in [-0.2, -0.15) is 0 Å². The number of esters is 1. The molecule has 1 N–H and O–H groups in total. The summed E-state index contributed by atoms with van der Waals surface area (Å²) in [6.07, 6.45) is 0. The second-order valence-electron chi connectivity index (χ2n) is 6.05. The zero-order chi connectivity index (χ0) is 20.1. The smallest absolute Gasteiger partial charge is 0.340 e. The lowest BCUT2D eigenvalue weighted by molar-refractivity contribution is -0.116. The average molecular weight is 381 g/mol. The van der Waals surface area contributed by atoms with Gasteiger partial charge in [-0.3, -0.25) is 4.79 Å². The minimum atomic E-state index is -1.06. The number of carbonyl (C=O) groups is 2. The SMILES string of the molecule is COC(=O)c1cc(NC(=O)C(c2ccccc2)c2ccccc2)c(F)cc1F. The summed E-state index contributed by atoms with van der Waals surface area (Å²) in [5.74, 6) is -4.24. The van der Waals surface area contributed by atoms with E-state index in [9.17, 15) is 18.4 Å². The Labute approximate surface area is 160 Å². The molecule has 3 aromatic rings. The van der Waals surface area contributed by atoms with Crippen molar-refractivity contribution < 1.29 is 23.1 Å². The van der Waals surface area contributed by atoms with Gasteiger partial charge in [-0.1, -0.05) is 60.7 Å². The Morgan fingerprint density at radius 3 is 1.89 bits per heavy atom. The normalized spacial score (nSPS) is 10.6. The maximum absolute atomic E-state index is 14.2. The maximum Gasteiger partial charge on any atom is 0.340 e. The zero-order valence-electron chi connectivity index (χ0n) is 15.0. The van der Waals surface area contributed by atoms with Gasteiger partial charge in [0.15, 0.2) is 0 Å². The Hall–Kier alpha value is -3.54. The van der Waals surface area contributed by atoms with E-state index < -0.39 is 35.0 Å². The van der Waals surface area contributed by atoms with Crippen molar-refractivity contribution in [2.24, 2.45) is 0 Å². The van der Waals surface area contributed by atoms with E-state index >= 15 is 0 Å². The highest BCUT2D eigenvalue weighted by Crippen LogP contribution is 2.28. The average Bonchev–Trinajstić information content (AvgIpc) is 2.71. The number of rotatable bonds is 5. The molecule has 0 atom stereocenters. The van der Waals surface area contributed by atoms with Gasteiger partial charge in [0.25, 0.3) is 0 Å². The van der Waals surface area contributed by atoms with Gasteiger partial charge in [-0.25, -0.2) is 13.6 Å². The van der Waals surface area contributed by atoms with Gasteiger partial charge in [-0.15, -0.1) is 0 Å². The zero-order valence-corrected chi connectivity index (χ0v) is 15.0. The fraction of sp³-hybridized carbons (Fsp3) is 0.0909. The van der Waals surface area contributed by atoms with Gasteiger partial charge in [-0.05, 0) is 17.2 Å². The number of nitrogens with one attached hydrogen (secondary N) is 1. The van der Waals surface area contributed by atoms with Crippen molar-refractivity contribution in [3.63, 3.8) is 0 Å². The quantitative estimate of drug-likeness (QED) is 0.661. The fourth-order valence-electron chi connectivity index (χ4n) is 2.90. The van der Waals surface area contributed by atoms with E-state index in [2.05, 4.69) is 10.1 Å². The standard InChI is InChI=1S/C22H17F2NO3/c1-28-22(27)16-12-19(18(24)13-17(16)23)25-21(26)20(14-8-4-2-5-9-14)15-10-6-3-7-11-15/h2-13,20H,1H3,(H,25,26). The predicted octanol–water partition coefficient (Wildman–Crippen LogP) is 4.52. The number of benzene rings is 3. The molecule has 0 spiro atoms. The van der Waals surface area contributed by atoms with E-state index in [1.54, 1.807) is 48.5 Å². The van der Waals surface area contributed by atoms with Crippen molar-refractivity contribution in [3.8, 4) is 0 Å². The van der Waals surface area contributed by atoms with Crippen LogP contribution in [0.15, 0.2) is 72.8 Å². The van der Waals surface area contributed by atoms with E-state index in [0.717, 1.165) is 13.2 Å². The molecule has 0 bridgehead atoms. The van der Waals surface area contributed by atoms with Crippen LogP contribution in [0.2, 0.25) is 0 Å². The maximum atomic E-state index is 14.2. The van der Waals surface area contributed by atoms with E-state index in [4.69, 9.17) is 0 Å². The Morgan fingerprint density at radius 2 is 1.39 bits per heavy atom. The summed E-state index contributed by atoms with van der Waals surface area (Å²) in [5, 5.41) is 2.47. The summed E-state index contributed by atoms with van der Waals surface area (Å²) in [6.45, 7) is 0. The van der Waals surface area contributed by atoms with Crippen molar-refractivity contribution in [3.05, 3.63) is 101 Å². The molecule has 3 aromatic carbocycles. The van der Waals surface area contributed by atoms with E-state index in [0.29, 0.717) is 17.2 Å². The number of halogens is 2. The molecular formula is C22H17F2NO3. The molecule has 0 aliphatic heterocycles. The lowest BCUT2D eigenvalue weighted by Crippen LogP contribution is -2.23. The van der Waals surface area contributed by atoms with Crippen LogP contribution in [0.1, 0.15) is 27.4 Å². The van der Waals surface area contributed by atoms with Crippen molar-refractivity contribution in [2.45, 2.75) is 5.92 Å². The van der Waals surface area contributed by atoms with Gasteiger partial charge in [0.05, 0.1) is 24.3 Å². The highest BCUT2D eigenvalue weighted by Gasteiger charge is 2.25. The lowest BCUT2D eigenvalue weighted by atomic mass is 9.90. The number of carbonyl (C=O) groups excluding carboxylic acids is 2. The fourth-order valence-corrected chi connectivity index (χ4v) is 2.90. The molecular weight excluding hydrogens is 364 g/mol. The van der Waals surface area contributed by atoms with Gasteiger partial charge < -0.3 is 10.1 Å². The van der Waals surface area contributed by atoms with Crippen LogP contribution in [-0.4, -0.2) is 19.0 Å². The predicted molar refractivity (Wildman–Crippen MR) is 101 cm³/mol. The number of methoxy groups -OCH3 is 1. The number of anilines is 1. The number of hydrogen-bond donors (Lipinski definition) is 1. The molecule has 4 nitrogen and oxygen atoms in total. The van der Waals surface area contributed by atoms with Crippen LogP contribution in [0.4, 0.5) is 14.5 Å². The monoisotopic (exact) mass is 381 g/mol. The molecule has 0 aliphatic carbocycles. The van der Waals surface area contributed by atoms with E-state index in [1.807, 2.05) is 12.1 Å². The molecule has 0 aromatic heterocycles. The molecule has 0 aliphatic rings. The summed E-state index contributed by atoms with van der Waals surface area (Å²) in [7, 11) is 1.09. The summed E-state index contributed by atoms with van der Waals surface area (Å²) < 4.78 is 32.5. The van der Waals surface area contributed by atoms with Crippen LogP contribution in [-0.2, 0) is 9.53 Å². The highest BCUT2D eigenvalue weighted by atomic mass is 19.1. The molecule has 28 heavy (non-hydrogen) atoms. The summed E-state index contributed by atoms with van der Waals surface area (Å²) in [4.78, 5) is 24.7. The summed E-state index contributed by atoms with van der Waals surface area (Å²) >= 11 is 0. The van der Waals surface area contributed by atoms with E-state index in [1.165, 1.54) is 0 Å². The van der Waals surface area contributed by atoms with Gasteiger partial charge in [0.1, 0.15) is 11.6 Å². The van der Waals surface area contributed by atoms with Gasteiger partial charge in [0.2, 0.25) is 5.91 Å². The van der Waals surface area contributed by atoms with Crippen molar-refractivity contribution >= 4 is 17.6 Å². The second-order valence-corrected chi connectivity index (χ2v) is 6.05. The van der Waals surface area contributed by atoms with Crippen LogP contribution in [0, 0.1) is 11.6 Å². The highest BCUT2D eigenvalue weighted by molar-refractivity contribution is 5.99. The molecule has 0 saturated carbocycles. The van der Waals surface area contributed by atoms with Crippen LogP contribution in [0.5, 0.6) is 0 Å². The molecule has 1 amide bonds. The minimum Gasteiger partial charge on any atom is -0.465 e. The first-order chi connectivity index (χ1) is 13.5. The Morgan fingerprint density at radius 1 is 0.857 bits per heavy atom. The lowest BCUT2D eigenvalue weighted by Gasteiger charge is -2.18. The molecule has 0 heterocycles. The molecule has 6 heteroatoms. The molecule has 0 unspecified atom stereocenters. The van der Waals surface area contributed by atoms with E-state index in [-0.39, 0.29) is 5.69 Å². The molecule has 3 rings (SSSR count). The first-order valence-electron chi connectivity index (χ1n) is 8.49. The van der Waals surface area contributed by atoms with Gasteiger partial charge in [0, 0.05) is 6.07 Å². The van der Waals surface area contributed by atoms with Crippen molar-refractivity contribution in [1.29, 1.82) is 0 Å². The summed E-state index contributed by atoms with van der Waals surface area (Å²) in [6, 6.07) is 19.5. The third-order valence-electron chi connectivity index (χ3n) is 4.25. The molecule has 0 saturated heterocycles. The number of amides is 1. The molecule has 142 valence electrons. The largest absolute Gasteiger partial charge is 0.465 e. The topological polar surface area (TPSA) is 55.4 Å². The summed E-state index contributed by atoms with van der Waals surface area (Å²) in [5.41, 5.74) is 0.655. The van der Waals surface area contributed by atoms with Crippen molar-refractivity contribution in [2.75, 3.05) is 12.4 Å². The Kier molecular flexibility index (Phi) is 5.79. The number of ether oxygens (including phenoxy) is 1. The van der Waals surface area contributed by atoms with Crippen molar-refractivity contribution in [1.82, 2.24) is 0 Å². The third-order valence-corrected chi connectivity index (χ3v) is 4.25. The second kappa shape index (κ2) is 8.43. The van der Waals surface area contributed by atoms with Gasteiger partial charge >= 0.3 is 5.97 Å². The van der Waals surface area contributed by atoms with Crippen LogP contribution in [0.25, 0.3) is 0 Å². The first kappa shape index (κ1) is 19.2. The number of hydrogen-bond acceptors (Lipinski definition) is 3. The van der Waals surface area contributed by atoms with Crippen LogP contribution >= 0.6 is 0 Å². The van der Waals surface area contributed by atoms with Crippen LogP contribution in [0.3, 0.4) is 0 Å². The minimum absolute atomic E-state index is 0.302. The third kappa shape index (κ3) is 4.06. The Balaban J connectivity index is 1.98. The first-order valence-corrected chi connectivity index (χ1v) is 8.49.